The molecule has 5 nitrogen and oxygen atoms in total. The van der Waals surface area contributed by atoms with Gasteiger partial charge in [0, 0.05) is 5.39 Å². The molecule has 21 heavy (non-hydrogen) atoms. The number of nitrogens with one attached hydrogen (secondary N) is 1. The molecule has 0 unspecified atom stereocenters. The monoisotopic (exact) mass is 284 g/mol. The molecule has 2 atom stereocenters. The van der Waals surface area contributed by atoms with Crippen LogP contribution in [0, 0.1) is 6.92 Å². The number of aryl methyl sites for hydroxylation is 1. The van der Waals surface area contributed by atoms with Crippen LogP contribution in [0.4, 0.5) is 10.5 Å². The van der Waals surface area contributed by atoms with E-state index in [9.17, 15) is 14.7 Å². The van der Waals surface area contributed by atoms with E-state index in [-0.39, 0.29) is 0 Å². The number of hydrogen-bond donors (Lipinski definition) is 2. The van der Waals surface area contributed by atoms with Gasteiger partial charge in [0.15, 0.2) is 0 Å². The van der Waals surface area contributed by atoms with Crippen LogP contribution >= 0.6 is 0 Å². The maximum Gasteiger partial charge on any atom is 0.329 e. The van der Waals surface area contributed by atoms with Gasteiger partial charge in [0.2, 0.25) is 0 Å². The second kappa shape index (κ2) is 4.86. The van der Waals surface area contributed by atoms with Gasteiger partial charge in [-0.25, -0.2) is 9.69 Å². The van der Waals surface area contributed by atoms with E-state index in [1.54, 1.807) is 6.07 Å². The van der Waals surface area contributed by atoms with Crippen molar-refractivity contribution in [2.75, 3.05) is 4.90 Å². The van der Waals surface area contributed by atoms with E-state index in [1.807, 2.05) is 37.3 Å². The van der Waals surface area contributed by atoms with Crippen molar-refractivity contribution in [2.24, 2.45) is 0 Å². The third kappa shape index (κ3) is 2.06. The van der Waals surface area contributed by atoms with Crippen LogP contribution in [0.15, 0.2) is 36.4 Å². The Morgan fingerprint density at radius 1 is 1.14 bits per heavy atom. The van der Waals surface area contributed by atoms with Gasteiger partial charge in [-0.1, -0.05) is 30.3 Å². The molecule has 2 N–H and O–H groups in total. The van der Waals surface area contributed by atoms with Gasteiger partial charge < -0.3 is 10.4 Å². The molecule has 1 saturated heterocycles. The summed E-state index contributed by atoms with van der Waals surface area (Å²) in [5.41, 5.74) is 1.62. The van der Waals surface area contributed by atoms with Crippen molar-refractivity contribution in [3.8, 4) is 0 Å². The summed E-state index contributed by atoms with van der Waals surface area (Å²) < 4.78 is 0. The van der Waals surface area contributed by atoms with Crippen molar-refractivity contribution in [3.63, 3.8) is 0 Å². The van der Waals surface area contributed by atoms with E-state index in [2.05, 4.69) is 5.32 Å². The number of carbonyl (C=O) groups is 2. The Balaban J connectivity index is 2.15. The number of urea groups is 1. The van der Waals surface area contributed by atoms with Crippen LogP contribution in [0.5, 0.6) is 0 Å². The first-order valence-corrected chi connectivity index (χ1v) is 6.81. The third-order valence-electron chi connectivity index (χ3n) is 3.81. The predicted molar refractivity (Wildman–Crippen MR) is 80.2 cm³/mol. The second-order valence-corrected chi connectivity index (χ2v) is 5.29. The molecule has 1 aliphatic rings. The smallest absolute Gasteiger partial charge is 0.329 e. The highest BCUT2D eigenvalue weighted by Crippen LogP contribution is 2.31. The molecular formula is C16H16N2O3. The van der Waals surface area contributed by atoms with Crippen molar-refractivity contribution in [2.45, 2.75) is 26.0 Å². The molecule has 0 spiro atoms. The Kier molecular flexibility index (Phi) is 3.14. The van der Waals surface area contributed by atoms with Gasteiger partial charge in [-0.15, -0.1) is 0 Å². The van der Waals surface area contributed by atoms with E-state index < -0.39 is 24.1 Å². The number of aliphatic hydroxyl groups excluding tert-OH is 1. The van der Waals surface area contributed by atoms with Gasteiger partial charge in [-0.05, 0) is 30.9 Å². The zero-order valence-electron chi connectivity index (χ0n) is 11.8. The maximum absolute atomic E-state index is 12.4. The molecule has 3 amide bonds. The molecular weight excluding hydrogens is 268 g/mol. The number of nitrogens with zero attached hydrogens (tertiary/aromatic N) is 1. The lowest BCUT2D eigenvalue weighted by Crippen LogP contribution is -2.39. The number of carbonyl (C=O) groups excluding carboxylic acids is 2. The lowest BCUT2D eigenvalue weighted by atomic mass is 10.0. The summed E-state index contributed by atoms with van der Waals surface area (Å²) in [6, 6.07) is 9.89. The van der Waals surface area contributed by atoms with Crippen molar-refractivity contribution < 1.29 is 14.7 Å². The molecule has 108 valence electrons. The Morgan fingerprint density at radius 2 is 1.81 bits per heavy atom. The zero-order chi connectivity index (χ0) is 15.1. The van der Waals surface area contributed by atoms with E-state index in [4.69, 9.17) is 0 Å². The van der Waals surface area contributed by atoms with Gasteiger partial charge in [-0.2, -0.15) is 0 Å². The minimum atomic E-state index is -0.928. The summed E-state index contributed by atoms with van der Waals surface area (Å²) in [4.78, 5) is 25.6. The summed E-state index contributed by atoms with van der Waals surface area (Å²) in [7, 11) is 0. The molecule has 0 radical (unpaired) electrons. The minimum Gasteiger partial charge on any atom is -0.391 e. The fourth-order valence-electron chi connectivity index (χ4n) is 2.68. The summed E-state index contributed by atoms with van der Waals surface area (Å²) in [6.07, 6.45) is -0.928. The van der Waals surface area contributed by atoms with Crippen molar-refractivity contribution in [1.29, 1.82) is 0 Å². The quantitative estimate of drug-likeness (QED) is 0.828. The van der Waals surface area contributed by atoms with Crippen LogP contribution in [0.3, 0.4) is 0 Å². The summed E-state index contributed by atoms with van der Waals surface area (Å²) in [5, 5.41) is 14.0. The molecule has 0 saturated carbocycles. The number of aliphatic hydroxyl groups is 1. The molecule has 3 rings (SSSR count). The average Bonchev–Trinajstić information content (AvgIpc) is 2.76. The fourth-order valence-corrected chi connectivity index (χ4v) is 2.68. The molecule has 0 aliphatic carbocycles. The van der Waals surface area contributed by atoms with Crippen LogP contribution in [-0.4, -0.2) is 29.2 Å². The molecule has 1 heterocycles. The fraction of sp³-hybridized carbons (Fsp3) is 0.250. The molecule has 5 heteroatoms. The number of rotatable bonds is 2. The van der Waals surface area contributed by atoms with Crippen molar-refractivity contribution in [3.05, 3.63) is 42.0 Å². The Bertz CT molecular complexity index is 739. The Morgan fingerprint density at radius 3 is 2.43 bits per heavy atom. The van der Waals surface area contributed by atoms with Crippen LogP contribution < -0.4 is 10.2 Å². The third-order valence-corrected chi connectivity index (χ3v) is 3.81. The molecule has 0 aromatic heterocycles. The van der Waals surface area contributed by atoms with Gasteiger partial charge in [0.05, 0.1) is 11.8 Å². The summed E-state index contributed by atoms with van der Waals surface area (Å²) >= 11 is 0. The lowest BCUT2D eigenvalue weighted by Gasteiger charge is -2.17. The number of hydrogen-bond acceptors (Lipinski definition) is 3. The maximum atomic E-state index is 12.4. The number of imide groups is 1. The first-order valence-electron chi connectivity index (χ1n) is 6.81. The first-order chi connectivity index (χ1) is 10.0. The number of fused-ring (bicyclic) bond motifs is 1. The van der Waals surface area contributed by atoms with Gasteiger partial charge in [0.25, 0.3) is 5.91 Å². The van der Waals surface area contributed by atoms with E-state index in [1.165, 1.54) is 6.92 Å². The van der Waals surface area contributed by atoms with Crippen molar-refractivity contribution in [1.82, 2.24) is 5.32 Å². The minimum absolute atomic E-state index is 0.427. The van der Waals surface area contributed by atoms with E-state index in [0.29, 0.717) is 5.69 Å². The number of anilines is 1. The van der Waals surface area contributed by atoms with Crippen LogP contribution in [0.2, 0.25) is 0 Å². The predicted octanol–water partition coefficient (Wildman–Crippen LogP) is 1.95. The summed E-state index contributed by atoms with van der Waals surface area (Å²) in [6.45, 7) is 3.47. The van der Waals surface area contributed by atoms with E-state index in [0.717, 1.165) is 21.2 Å². The highest BCUT2D eigenvalue weighted by atomic mass is 16.3. The standard InChI is InChI=1S/C16H16N2O3/c1-9-7-8-13(12-6-4-3-5-11(9)12)18-15(20)14(10(2)19)17-16(18)21/h3-8,10,14,19H,1-2H3,(H,17,21)/t10-,14+/m1/s1. The first kappa shape index (κ1) is 13.6. The average molecular weight is 284 g/mol. The lowest BCUT2D eigenvalue weighted by molar-refractivity contribution is -0.120. The van der Waals surface area contributed by atoms with Gasteiger partial charge >= 0.3 is 6.03 Å². The second-order valence-electron chi connectivity index (χ2n) is 5.29. The SMILES string of the molecule is Cc1ccc(N2C(=O)N[C@@H]([C@@H](C)O)C2=O)c2ccccc12. The molecule has 0 bridgehead atoms. The van der Waals surface area contributed by atoms with Crippen molar-refractivity contribution >= 4 is 28.4 Å². The highest BCUT2D eigenvalue weighted by Gasteiger charge is 2.41. The van der Waals surface area contributed by atoms with Gasteiger partial charge in [0.1, 0.15) is 6.04 Å². The Hall–Kier alpha value is -2.40. The van der Waals surface area contributed by atoms with Gasteiger partial charge in [-0.3, -0.25) is 4.79 Å². The zero-order valence-corrected chi connectivity index (χ0v) is 11.8. The molecule has 1 fully saturated rings. The van der Waals surface area contributed by atoms with Crippen LogP contribution in [-0.2, 0) is 4.79 Å². The molecule has 1 aliphatic heterocycles. The molecule has 2 aromatic rings. The largest absolute Gasteiger partial charge is 0.391 e. The highest BCUT2D eigenvalue weighted by molar-refractivity contribution is 6.24. The number of benzene rings is 2. The number of amides is 3. The molecule has 2 aromatic carbocycles. The topological polar surface area (TPSA) is 69.6 Å². The van der Waals surface area contributed by atoms with Crippen LogP contribution in [0.1, 0.15) is 12.5 Å². The summed E-state index contributed by atoms with van der Waals surface area (Å²) in [5.74, 6) is -0.427. The Labute approximate surface area is 122 Å². The van der Waals surface area contributed by atoms with E-state index >= 15 is 0 Å². The van der Waals surface area contributed by atoms with Crippen LogP contribution in [0.25, 0.3) is 10.8 Å². The normalized spacial score (nSPS) is 20.0.